The van der Waals surface area contributed by atoms with Gasteiger partial charge in [0.2, 0.25) is 5.91 Å². The molecule has 0 aliphatic heterocycles. The van der Waals surface area contributed by atoms with Crippen molar-refractivity contribution in [2.75, 3.05) is 14.2 Å². The molecule has 0 aromatic heterocycles. The molecule has 3 atom stereocenters. The molecule has 0 unspecified atom stereocenters. The van der Waals surface area contributed by atoms with E-state index in [1.807, 2.05) is 12.1 Å². The molecule has 5 nitrogen and oxygen atoms in total. The lowest BCUT2D eigenvalue weighted by Gasteiger charge is -2.15. The molecule has 5 heteroatoms. The molecule has 23 heavy (non-hydrogen) atoms. The largest absolute Gasteiger partial charge is 0.497 e. The number of hydrazone groups is 1. The molecule has 1 N–H and O–H groups in total. The van der Waals surface area contributed by atoms with Gasteiger partial charge in [-0.2, -0.15) is 5.10 Å². The van der Waals surface area contributed by atoms with Crippen molar-refractivity contribution in [2.24, 2.45) is 22.4 Å². The van der Waals surface area contributed by atoms with Crippen molar-refractivity contribution < 1.29 is 14.3 Å². The van der Waals surface area contributed by atoms with E-state index in [1.165, 1.54) is 19.3 Å². The lowest BCUT2D eigenvalue weighted by atomic mass is 9.90. The van der Waals surface area contributed by atoms with Gasteiger partial charge in [-0.1, -0.05) is 19.8 Å². The third kappa shape index (κ3) is 2.92. The number of nitrogens with one attached hydrogen (secondary N) is 1. The van der Waals surface area contributed by atoms with Gasteiger partial charge in [0.15, 0.2) is 0 Å². The van der Waals surface area contributed by atoms with Crippen LogP contribution < -0.4 is 14.9 Å². The Balaban J connectivity index is 1.62. The Bertz CT molecular complexity index is 629. The van der Waals surface area contributed by atoms with E-state index in [-0.39, 0.29) is 17.2 Å². The predicted octanol–water partition coefficient (Wildman–Crippen LogP) is 2.98. The van der Waals surface area contributed by atoms with Gasteiger partial charge in [-0.25, -0.2) is 5.43 Å². The average Bonchev–Trinajstić information content (AvgIpc) is 3.20. The lowest BCUT2D eigenvalue weighted by Crippen LogP contribution is -2.22. The third-order valence-electron chi connectivity index (χ3n) is 5.43. The molecule has 124 valence electrons. The number of fused-ring (bicyclic) bond motifs is 1. The van der Waals surface area contributed by atoms with Crippen molar-refractivity contribution in [3.05, 3.63) is 23.8 Å². The van der Waals surface area contributed by atoms with Gasteiger partial charge in [-0.3, -0.25) is 4.79 Å². The summed E-state index contributed by atoms with van der Waals surface area (Å²) in [6.45, 7) is 2.23. The molecule has 0 radical (unpaired) electrons. The van der Waals surface area contributed by atoms with Crippen LogP contribution in [-0.4, -0.2) is 26.3 Å². The zero-order valence-corrected chi connectivity index (χ0v) is 14.0. The Labute approximate surface area is 137 Å². The van der Waals surface area contributed by atoms with Crippen molar-refractivity contribution in [3.8, 4) is 11.5 Å². The number of carbonyl (C=O) groups is 1. The zero-order valence-electron chi connectivity index (χ0n) is 14.0. The van der Waals surface area contributed by atoms with E-state index in [0.717, 1.165) is 17.7 Å². The Kier molecular flexibility index (Phi) is 4.28. The fourth-order valence-electron chi connectivity index (χ4n) is 4.01. The van der Waals surface area contributed by atoms with E-state index in [4.69, 9.17) is 9.47 Å². The van der Waals surface area contributed by atoms with Crippen molar-refractivity contribution in [3.63, 3.8) is 0 Å². The Morgan fingerprint density at radius 3 is 2.83 bits per heavy atom. The van der Waals surface area contributed by atoms with E-state index in [1.54, 1.807) is 26.5 Å². The molecule has 2 fully saturated rings. The van der Waals surface area contributed by atoms with Crippen molar-refractivity contribution in [1.82, 2.24) is 5.43 Å². The topological polar surface area (TPSA) is 59.9 Å². The number of hydrogen-bond acceptors (Lipinski definition) is 4. The van der Waals surface area contributed by atoms with Gasteiger partial charge < -0.3 is 9.47 Å². The monoisotopic (exact) mass is 316 g/mol. The normalized spacial score (nSPS) is 29.0. The molecule has 2 saturated carbocycles. The fraction of sp³-hybridized carbons (Fsp3) is 0.556. The maximum absolute atomic E-state index is 12.3. The van der Waals surface area contributed by atoms with Crippen molar-refractivity contribution in [2.45, 2.75) is 32.6 Å². The quantitative estimate of drug-likeness (QED) is 0.671. The van der Waals surface area contributed by atoms with Crippen LogP contribution in [0, 0.1) is 17.3 Å². The Hall–Kier alpha value is -2.04. The molecule has 2 aliphatic carbocycles. The predicted molar refractivity (Wildman–Crippen MR) is 88.8 cm³/mol. The second-order valence-corrected chi connectivity index (χ2v) is 6.68. The Morgan fingerprint density at radius 2 is 2.17 bits per heavy atom. The summed E-state index contributed by atoms with van der Waals surface area (Å²) in [7, 11) is 3.21. The van der Waals surface area contributed by atoms with Gasteiger partial charge in [-0.15, -0.1) is 0 Å². The molecular formula is C18H24N2O3. The summed E-state index contributed by atoms with van der Waals surface area (Å²) >= 11 is 0. The highest BCUT2D eigenvalue weighted by molar-refractivity contribution is 5.87. The maximum atomic E-state index is 12.3. The number of carbonyl (C=O) groups excluding carboxylic acids is 1. The first-order valence-corrected chi connectivity index (χ1v) is 8.15. The highest BCUT2D eigenvalue weighted by Crippen LogP contribution is 2.66. The van der Waals surface area contributed by atoms with Gasteiger partial charge in [0, 0.05) is 17.5 Å². The van der Waals surface area contributed by atoms with Gasteiger partial charge in [0.25, 0.3) is 0 Å². The minimum Gasteiger partial charge on any atom is -0.497 e. The van der Waals surface area contributed by atoms with Crippen LogP contribution in [0.4, 0.5) is 0 Å². The maximum Gasteiger partial charge on any atom is 0.244 e. The number of ether oxygens (including phenoxy) is 2. The summed E-state index contributed by atoms with van der Waals surface area (Å²) in [6.07, 6.45) is 6.43. The summed E-state index contributed by atoms with van der Waals surface area (Å²) in [5.74, 6) is 2.09. The van der Waals surface area contributed by atoms with Crippen LogP contribution in [0.15, 0.2) is 23.3 Å². The average molecular weight is 316 g/mol. The van der Waals surface area contributed by atoms with Crippen LogP contribution >= 0.6 is 0 Å². The number of hydrogen-bond donors (Lipinski definition) is 1. The molecule has 2 aliphatic rings. The number of benzene rings is 1. The molecule has 3 rings (SSSR count). The summed E-state index contributed by atoms with van der Waals surface area (Å²) in [6, 6.07) is 5.48. The van der Waals surface area contributed by atoms with Gasteiger partial charge in [0.05, 0.1) is 20.4 Å². The highest BCUT2D eigenvalue weighted by atomic mass is 16.5. The van der Waals surface area contributed by atoms with E-state index >= 15 is 0 Å². The van der Waals surface area contributed by atoms with E-state index < -0.39 is 0 Å². The van der Waals surface area contributed by atoms with Gasteiger partial charge >= 0.3 is 0 Å². The second-order valence-electron chi connectivity index (χ2n) is 6.68. The smallest absolute Gasteiger partial charge is 0.244 e. The summed E-state index contributed by atoms with van der Waals surface area (Å²) in [4.78, 5) is 12.3. The third-order valence-corrected chi connectivity index (χ3v) is 5.43. The van der Waals surface area contributed by atoms with E-state index in [0.29, 0.717) is 11.7 Å². The lowest BCUT2D eigenvalue weighted by molar-refractivity contribution is -0.123. The molecule has 1 aromatic rings. The van der Waals surface area contributed by atoms with Crippen LogP contribution in [0.2, 0.25) is 0 Å². The first-order chi connectivity index (χ1) is 11.1. The zero-order chi connectivity index (χ0) is 16.4. The van der Waals surface area contributed by atoms with E-state index in [2.05, 4.69) is 17.5 Å². The van der Waals surface area contributed by atoms with Crippen LogP contribution in [0.5, 0.6) is 11.5 Å². The number of nitrogens with zero attached hydrogens (tertiary/aromatic N) is 1. The first kappa shape index (κ1) is 15.8. The number of methoxy groups -OCH3 is 2. The Morgan fingerprint density at radius 1 is 1.35 bits per heavy atom. The summed E-state index contributed by atoms with van der Waals surface area (Å²) in [5.41, 5.74) is 3.70. The van der Waals surface area contributed by atoms with Crippen molar-refractivity contribution in [1.29, 1.82) is 0 Å². The molecule has 0 spiro atoms. The van der Waals surface area contributed by atoms with Gasteiger partial charge in [-0.05, 0) is 36.3 Å². The van der Waals surface area contributed by atoms with Crippen LogP contribution in [0.25, 0.3) is 0 Å². The molecule has 0 bridgehead atoms. The van der Waals surface area contributed by atoms with Crippen LogP contribution in [0.1, 0.15) is 38.2 Å². The van der Waals surface area contributed by atoms with Crippen LogP contribution in [0.3, 0.4) is 0 Å². The second kappa shape index (κ2) is 6.22. The van der Waals surface area contributed by atoms with Crippen molar-refractivity contribution >= 4 is 12.1 Å². The number of rotatable bonds is 5. The molecular weight excluding hydrogens is 292 g/mol. The first-order valence-electron chi connectivity index (χ1n) is 8.15. The molecule has 1 amide bonds. The minimum absolute atomic E-state index is 0.0446. The minimum atomic E-state index is 0.0446. The number of amides is 1. The van der Waals surface area contributed by atoms with Gasteiger partial charge in [0.1, 0.15) is 11.5 Å². The summed E-state index contributed by atoms with van der Waals surface area (Å²) < 4.78 is 10.5. The fourth-order valence-corrected chi connectivity index (χ4v) is 4.01. The summed E-state index contributed by atoms with van der Waals surface area (Å²) in [5, 5.41) is 4.11. The standard InChI is InChI=1S/C18H24N2O3/c1-18-9-5-4-6-14(18)16(18)17(21)20-19-11-12-7-8-13(22-2)10-15(12)23-3/h7-8,10-11,14,16H,4-6,9H2,1-3H3,(H,20,21)/b19-11+/t14-,16+,18-/m1/s1. The molecule has 0 heterocycles. The van der Waals surface area contributed by atoms with Crippen LogP contribution in [-0.2, 0) is 4.79 Å². The molecule has 0 saturated heterocycles. The van der Waals surface area contributed by atoms with E-state index in [9.17, 15) is 4.79 Å². The SMILES string of the molecule is COc1ccc(/C=N/NC(=O)[C@@H]2[C@H]3CCCC[C@]32C)c(OC)c1. The highest BCUT2D eigenvalue weighted by Gasteiger charge is 2.64. The molecule has 1 aromatic carbocycles.